The minimum atomic E-state index is 0.209. The van der Waals surface area contributed by atoms with Gasteiger partial charge in [-0.15, -0.1) is 0 Å². The summed E-state index contributed by atoms with van der Waals surface area (Å²) in [6.45, 7) is 4.90. The molecule has 0 bridgehead atoms. The predicted octanol–water partition coefficient (Wildman–Crippen LogP) is 2.32. The highest BCUT2D eigenvalue weighted by molar-refractivity contribution is 9.09. The molecular weight excluding hydrogens is 218 g/mol. The van der Waals surface area contributed by atoms with Crippen molar-refractivity contribution in [2.24, 2.45) is 5.92 Å². The molecule has 0 aromatic rings. The van der Waals surface area contributed by atoms with Crippen LogP contribution in [0.2, 0.25) is 0 Å². The maximum atomic E-state index is 11.4. The SMILES string of the molecule is CCC(CC)C(=O)NCCCBr. The van der Waals surface area contributed by atoms with E-state index in [1.54, 1.807) is 0 Å². The number of amides is 1. The van der Waals surface area contributed by atoms with Gasteiger partial charge in [0, 0.05) is 17.8 Å². The molecule has 0 atom stereocenters. The molecule has 2 nitrogen and oxygen atoms in total. The summed E-state index contributed by atoms with van der Waals surface area (Å²) < 4.78 is 0. The van der Waals surface area contributed by atoms with E-state index in [9.17, 15) is 4.79 Å². The quantitative estimate of drug-likeness (QED) is 0.556. The second-order valence-corrected chi connectivity index (χ2v) is 3.64. The number of hydrogen-bond donors (Lipinski definition) is 1. The second-order valence-electron chi connectivity index (χ2n) is 2.85. The lowest BCUT2D eigenvalue weighted by atomic mass is 10.0. The van der Waals surface area contributed by atoms with Crippen LogP contribution in [0, 0.1) is 5.92 Å². The lowest BCUT2D eigenvalue weighted by Gasteiger charge is -2.11. The van der Waals surface area contributed by atoms with Crippen molar-refractivity contribution in [2.45, 2.75) is 33.1 Å². The van der Waals surface area contributed by atoms with Gasteiger partial charge >= 0.3 is 0 Å². The molecule has 0 aromatic heterocycles. The molecule has 12 heavy (non-hydrogen) atoms. The normalized spacial score (nSPS) is 10.3. The van der Waals surface area contributed by atoms with E-state index in [0.29, 0.717) is 0 Å². The van der Waals surface area contributed by atoms with Crippen LogP contribution in [-0.4, -0.2) is 17.8 Å². The molecule has 0 saturated heterocycles. The molecular formula is C9H18BrNO. The Morgan fingerprint density at radius 2 is 2.00 bits per heavy atom. The Labute approximate surface area is 83.2 Å². The average molecular weight is 236 g/mol. The van der Waals surface area contributed by atoms with E-state index in [1.165, 1.54) is 0 Å². The van der Waals surface area contributed by atoms with Gasteiger partial charge in [0.15, 0.2) is 0 Å². The smallest absolute Gasteiger partial charge is 0.223 e. The van der Waals surface area contributed by atoms with Gasteiger partial charge in [-0.3, -0.25) is 4.79 Å². The number of hydrogen-bond acceptors (Lipinski definition) is 1. The first kappa shape index (κ1) is 11.9. The third kappa shape index (κ3) is 4.75. The summed E-state index contributed by atoms with van der Waals surface area (Å²) in [4.78, 5) is 11.4. The van der Waals surface area contributed by atoms with E-state index in [0.717, 1.165) is 31.1 Å². The average Bonchev–Trinajstić information content (AvgIpc) is 2.07. The first-order valence-electron chi connectivity index (χ1n) is 4.59. The molecule has 3 heteroatoms. The standard InChI is InChI=1S/C9H18BrNO/c1-3-8(4-2)9(12)11-7-5-6-10/h8H,3-7H2,1-2H3,(H,11,12). The van der Waals surface area contributed by atoms with Gasteiger partial charge in [0.25, 0.3) is 0 Å². The summed E-state index contributed by atoms with van der Waals surface area (Å²) in [5, 5.41) is 3.87. The molecule has 0 spiro atoms. The monoisotopic (exact) mass is 235 g/mol. The van der Waals surface area contributed by atoms with Crippen LogP contribution in [0.15, 0.2) is 0 Å². The highest BCUT2D eigenvalue weighted by atomic mass is 79.9. The molecule has 0 rings (SSSR count). The van der Waals surface area contributed by atoms with E-state index < -0.39 is 0 Å². The Morgan fingerprint density at radius 1 is 1.42 bits per heavy atom. The first-order valence-corrected chi connectivity index (χ1v) is 5.72. The lowest BCUT2D eigenvalue weighted by molar-refractivity contribution is -0.125. The van der Waals surface area contributed by atoms with Gasteiger partial charge in [0.1, 0.15) is 0 Å². The molecule has 0 radical (unpaired) electrons. The number of alkyl halides is 1. The number of carbonyl (C=O) groups is 1. The molecule has 0 aliphatic rings. The van der Waals surface area contributed by atoms with Gasteiger partial charge in [-0.2, -0.15) is 0 Å². The topological polar surface area (TPSA) is 29.1 Å². The van der Waals surface area contributed by atoms with E-state index >= 15 is 0 Å². The van der Waals surface area contributed by atoms with E-state index in [1.807, 2.05) is 0 Å². The fraction of sp³-hybridized carbons (Fsp3) is 0.889. The van der Waals surface area contributed by atoms with Crippen LogP contribution >= 0.6 is 15.9 Å². The van der Waals surface area contributed by atoms with Crippen molar-refractivity contribution < 1.29 is 4.79 Å². The molecule has 1 amide bonds. The molecule has 0 heterocycles. The van der Waals surface area contributed by atoms with Gasteiger partial charge in [-0.05, 0) is 19.3 Å². The highest BCUT2D eigenvalue weighted by Gasteiger charge is 2.12. The summed E-state index contributed by atoms with van der Waals surface area (Å²) in [7, 11) is 0. The van der Waals surface area contributed by atoms with E-state index in [-0.39, 0.29) is 11.8 Å². The fourth-order valence-corrected chi connectivity index (χ4v) is 1.36. The molecule has 0 fully saturated rings. The largest absolute Gasteiger partial charge is 0.356 e. The van der Waals surface area contributed by atoms with Gasteiger partial charge < -0.3 is 5.32 Å². The zero-order valence-corrected chi connectivity index (χ0v) is 9.49. The molecule has 0 aliphatic carbocycles. The molecule has 1 N–H and O–H groups in total. The summed E-state index contributed by atoms with van der Waals surface area (Å²) in [5.74, 6) is 0.418. The van der Waals surface area contributed by atoms with Crippen molar-refractivity contribution in [1.29, 1.82) is 0 Å². The van der Waals surface area contributed by atoms with Crippen molar-refractivity contribution >= 4 is 21.8 Å². The third-order valence-electron chi connectivity index (χ3n) is 1.97. The van der Waals surface area contributed by atoms with Crippen molar-refractivity contribution in [1.82, 2.24) is 5.32 Å². The molecule has 72 valence electrons. The predicted molar refractivity (Wildman–Crippen MR) is 55.5 cm³/mol. The lowest BCUT2D eigenvalue weighted by Crippen LogP contribution is -2.30. The molecule has 0 aromatic carbocycles. The van der Waals surface area contributed by atoms with Crippen molar-refractivity contribution in [3.8, 4) is 0 Å². The Morgan fingerprint density at radius 3 is 2.42 bits per heavy atom. The third-order valence-corrected chi connectivity index (χ3v) is 2.53. The molecule has 0 saturated carbocycles. The van der Waals surface area contributed by atoms with Crippen LogP contribution in [0.1, 0.15) is 33.1 Å². The summed E-state index contributed by atoms with van der Waals surface area (Å²) >= 11 is 3.32. The summed E-state index contributed by atoms with van der Waals surface area (Å²) in [6.07, 6.45) is 2.89. The zero-order chi connectivity index (χ0) is 9.40. The van der Waals surface area contributed by atoms with Crippen LogP contribution in [0.4, 0.5) is 0 Å². The Hall–Kier alpha value is -0.0500. The number of halogens is 1. The van der Waals surface area contributed by atoms with E-state index in [2.05, 4.69) is 35.1 Å². The minimum absolute atomic E-state index is 0.209. The Balaban J connectivity index is 3.54. The van der Waals surface area contributed by atoms with Crippen molar-refractivity contribution in [3.05, 3.63) is 0 Å². The first-order chi connectivity index (χ1) is 5.76. The maximum absolute atomic E-state index is 11.4. The van der Waals surface area contributed by atoms with Gasteiger partial charge in [0.2, 0.25) is 5.91 Å². The number of carbonyl (C=O) groups excluding carboxylic acids is 1. The molecule has 0 unspecified atom stereocenters. The maximum Gasteiger partial charge on any atom is 0.223 e. The minimum Gasteiger partial charge on any atom is -0.356 e. The van der Waals surface area contributed by atoms with Crippen LogP contribution < -0.4 is 5.32 Å². The summed E-state index contributed by atoms with van der Waals surface area (Å²) in [5.41, 5.74) is 0. The van der Waals surface area contributed by atoms with Crippen LogP contribution in [0.25, 0.3) is 0 Å². The fourth-order valence-electron chi connectivity index (χ4n) is 1.08. The second kappa shape index (κ2) is 7.59. The summed E-state index contributed by atoms with van der Waals surface area (Å²) in [6, 6.07) is 0. The van der Waals surface area contributed by atoms with Crippen molar-refractivity contribution in [3.63, 3.8) is 0 Å². The number of nitrogens with one attached hydrogen (secondary N) is 1. The van der Waals surface area contributed by atoms with Gasteiger partial charge in [-0.1, -0.05) is 29.8 Å². The Kier molecular flexibility index (Phi) is 7.56. The van der Waals surface area contributed by atoms with Crippen molar-refractivity contribution in [2.75, 3.05) is 11.9 Å². The van der Waals surface area contributed by atoms with E-state index in [4.69, 9.17) is 0 Å². The van der Waals surface area contributed by atoms with Crippen LogP contribution in [0.5, 0.6) is 0 Å². The van der Waals surface area contributed by atoms with Crippen LogP contribution in [0.3, 0.4) is 0 Å². The number of rotatable bonds is 6. The van der Waals surface area contributed by atoms with Gasteiger partial charge in [-0.25, -0.2) is 0 Å². The zero-order valence-electron chi connectivity index (χ0n) is 7.90. The molecule has 0 aliphatic heterocycles. The Bertz CT molecular complexity index is 124. The van der Waals surface area contributed by atoms with Gasteiger partial charge in [0.05, 0.1) is 0 Å². The van der Waals surface area contributed by atoms with Crippen LogP contribution in [-0.2, 0) is 4.79 Å². The highest BCUT2D eigenvalue weighted by Crippen LogP contribution is 2.06.